The van der Waals surface area contributed by atoms with Gasteiger partial charge in [-0.2, -0.15) is 0 Å². The maximum absolute atomic E-state index is 13.2. The summed E-state index contributed by atoms with van der Waals surface area (Å²) in [7, 11) is 4.66. The number of benzene rings is 3. The zero-order valence-corrected chi connectivity index (χ0v) is 23.1. The molecule has 1 aromatic heterocycles. The SMILES string of the molecule is COC(=O)[C@H](Cc1ccc(OC)c(OC)c1)n1c(-c2ccccc2)c[se]c1=NCCCc1ccccc1. The number of ether oxygens (including phenoxy) is 3. The van der Waals surface area contributed by atoms with Crippen LogP contribution in [0.2, 0.25) is 0 Å². The van der Waals surface area contributed by atoms with Crippen LogP contribution in [-0.4, -0.2) is 52.9 Å². The Balaban J connectivity index is 1.71. The number of hydrogen-bond donors (Lipinski definition) is 0. The quantitative estimate of drug-likeness (QED) is 0.151. The summed E-state index contributed by atoms with van der Waals surface area (Å²) in [6.07, 6.45) is 2.35. The molecule has 1 heterocycles. The Labute approximate surface area is 223 Å². The molecule has 4 aromatic rings. The molecule has 0 radical (unpaired) electrons. The van der Waals surface area contributed by atoms with Gasteiger partial charge in [-0.15, -0.1) is 0 Å². The summed E-state index contributed by atoms with van der Waals surface area (Å²) in [5, 5.41) is 0. The summed E-state index contributed by atoms with van der Waals surface area (Å²) in [5.74, 6) is 0.977. The van der Waals surface area contributed by atoms with E-state index >= 15 is 0 Å². The molecule has 0 saturated heterocycles. The number of esters is 1. The fraction of sp³-hybridized carbons (Fsp3) is 0.267. The molecule has 7 heteroatoms. The molecular formula is C30H32N2O4Se. The number of aryl methyl sites for hydroxylation is 1. The average Bonchev–Trinajstić information content (AvgIpc) is 3.38. The van der Waals surface area contributed by atoms with Gasteiger partial charge >= 0.3 is 224 Å². The molecule has 0 saturated carbocycles. The second-order valence-corrected chi connectivity index (χ2v) is 10.3. The molecule has 4 rings (SSSR count). The van der Waals surface area contributed by atoms with E-state index in [2.05, 4.69) is 45.9 Å². The average molecular weight is 564 g/mol. The van der Waals surface area contributed by atoms with Crippen LogP contribution in [0.5, 0.6) is 11.5 Å². The Morgan fingerprint density at radius 3 is 2.27 bits per heavy atom. The Hall–Kier alpha value is -3.54. The van der Waals surface area contributed by atoms with E-state index in [1.807, 2.05) is 42.5 Å². The number of carbonyl (C=O) groups excluding carboxylic acids is 1. The van der Waals surface area contributed by atoms with E-state index in [1.54, 1.807) is 14.2 Å². The van der Waals surface area contributed by atoms with Crippen molar-refractivity contribution in [3.05, 3.63) is 99.3 Å². The summed E-state index contributed by atoms with van der Waals surface area (Å²) in [6.45, 7) is 0.697. The molecule has 0 amide bonds. The first-order chi connectivity index (χ1) is 18.1. The third kappa shape index (κ3) is 6.62. The van der Waals surface area contributed by atoms with Crippen LogP contribution in [0.15, 0.2) is 88.8 Å². The van der Waals surface area contributed by atoms with Crippen LogP contribution in [0.4, 0.5) is 0 Å². The van der Waals surface area contributed by atoms with Gasteiger partial charge in [0, 0.05) is 0 Å². The van der Waals surface area contributed by atoms with Gasteiger partial charge in [0.05, 0.1) is 0 Å². The summed E-state index contributed by atoms with van der Waals surface area (Å²) < 4.78 is 19.2. The van der Waals surface area contributed by atoms with Crippen LogP contribution in [0.3, 0.4) is 0 Å². The number of carbonyl (C=O) groups is 1. The summed E-state index contributed by atoms with van der Waals surface area (Å²) in [4.78, 5) is 20.4. The summed E-state index contributed by atoms with van der Waals surface area (Å²) in [5.41, 5.74) is 4.31. The van der Waals surface area contributed by atoms with Gasteiger partial charge in [0.15, 0.2) is 0 Å². The second-order valence-electron chi connectivity index (χ2n) is 8.54. The van der Waals surface area contributed by atoms with Crippen LogP contribution in [0.25, 0.3) is 11.3 Å². The summed E-state index contributed by atoms with van der Waals surface area (Å²) >= 11 is 0.00178. The zero-order valence-electron chi connectivity index (χ0n) is 21.4. The number of methoxy groups -OCH3 is 3. The monoisotopic (exact) mass is 564 g/mol. The van der Waals surface area contributed by atoms with Crippen LogP contribution in [0.1, 0.15) is 23.6 Å². The van der Waals surface area contributed by atoms with Crippen molar-refractivity contribution in [1.29, 1.82) is 0 Å². The fourth-order valence-electron chi connectivity index (χ4n) is 4.31. The Kier molecular flexibility index (Phi) is 9.41. The first kappa shape index (κ1) is 26.5. The molecule has 37 heavy (non-hydrogen) atoms. The number of hydrogen-bond acceptors (Lipinski definition) is 5. The molecule has 0 spiro atoms. The van der Waals surface area contributed by atoms with Crippen molar-refractivity contribution in [1.82, 2.24) is 4.57 Å². The standard InChI is InChI=1S/C30H32N2O4Se/c1-34-27-17-16-23(20-28(27)35-2)19-25(29(33)36-3)32-26(24-14-8-5-9-15-24)21-37-30(32)31-18-10-13-22-11-6-4-7-12-22/h4-9,11-12,14-17,20-21,25H,10,13,18-19H2,1-3H3/t25-/m0/s1. The van der Waals surface area contributed by atoms with Gasteiger partial charge in [-0.1, -0.05) is 0 Å². The Morgan fingerprint density at radius 1 is 0.892 bits per heavy atom. The van der Waals surface area contributed by atoms with Crippen LogP contribution in [-0.2, 0) is 22.4 Å². The minimum absolute atomic E-state index is 0.00178. The van der Waals surface area contributed by atoms with Gasteiger partial charge in [0.1, 0.15) is 0 Å². The first-order valence-electron chi connectivity index (χ1n) is 12.2. The molecule has 0 bridgehead atoms. The van der Waals surface area contributed by atoms with Crippen molar-refractivity contribution in [2.45, 2.75) is 25.3 Å². The normalized spacial score (nSPS) is 12.2. The van der Waals surface area contributed by atoms with E-state index in [-0.39, 0.29) is 20.5 Å². The van der Waals surface area contributed by atoms with Gasteiger partial charge in [0.25, 0.3) is 0 Å². The van der Waals surface area contributed by atoms with Crippen molar-refractivity contribution in [3.63, 3.8) is 0 Å². The van der Waals surface area contributed by atoms with Crippen molar-refractivity contribution in [2.24, 2.45) is 4.99 Å². The number of aromatic nitrogens is 1. The van der Waals surface area contributed by atoms with Crippen molar-refractivity contribution in [3.8, 4) is 22.8 Å². The molecule has 0 aliphatic heterocycles. The summed E-state index contributed by atoms with van der Waals surface area (Å²) in [6, 6.07) is 25.8. The van der Waals surface area contributed by atoms with Gasteiger partial charge in [-0.3, -0.25) is 0 Å². The van der Waals surface area contributed by atoms with E-state index in [9.17, 15) is 4.79 Å². The number of rotatable bonds is 11. The predicted octanol–water partition coefficient (Wildman–Crippen LogP) is 4.72. The van der Waals surface area contributed by atoms with E-state index in [0.717, 1.165) is 34.0 Å². The van der Waals surface area contributed by atoms with E-state index < -0.39 is 6.04 Å². The van der Waals surface area contributed by atoms with Gasteiger partial charge in [0.2, 0.25) is 0 Å². The second kappa shape index (κ2) is 13.1. The predicted molar refractivity (Wildman–Crippen MR) is 146 cm³/mol. The molecular weight excluding hydrogens is 531 g/mol. The van der Waals surface area contributed by atoms with Crippen LogP contribution < -0.4 is 13.8 Å². The van der Waals surface area contributed by atoms with Crippen LogP contribution >= 0.6 is 0 Å². The molecule has 1 atom stereocenters. The minimum atomic E-state index is -0.563. The molecule has 0 unspecified atom stereocenters. The molecule has 0 aliphatic rings. The molecule has 0 aliphatic carbocycles. The molecule has 0 N–H and O–H groups in total. The zero-order chi connectivity index (χ0) is 26.0. The Morgan fingerprint density at radius 2 is 1.59 bits per heavy atom. The number of nitrogens with zero attached hydrogens (tertiary/aromatic N) is 2. The van der Waals surface area contributed by atoms with E-state index in [1.165, 1.54) is 12.7 Å². The fourth-order valence-corrected chi connectivity index (χ4v) is 6.34. The third-order valence-corrected chi connectivity index (χ3v) is 8.03. The maximum atomic E-state index is 13.2. The third-order valence-electron chi connectivity index (χ3n) is 6.19. The van der Waals surface area contributed by atoms with Gasteiger partial charge in [-0.25, -0.2) is 0 Å². The first-order valence-corrected chi connectivity index (χ1v) is 14.1. The van der Waals surface area contributed by atoms with Gasteiger partial charge < -0.3 is 0 Å². The van der Waals surface area contributed by atoms with Crippen molar-refractivity contribution >= 4 is 20.5 Å². The van der Waals surface area contributed by atoms with Gasteiger partial charge in [-0.05, 0) is 0 Å². The molecule has 192 valence electrons. The van der Waals surface area contributed by atoms with Crippen molar-refractivity contribution in [2.75, 3.05) is 27.9 Å². The van der Waals surface area contributed by atoms with Crippen molar-refractivity contribution < 1.29 is 19.0 Å². The van der Waals surface area contributed by atoms with E-state index in [4.69, 9.17) is 19.2 Å². The van der Waals surface area contributed by atoms with Crippen LogP contribution in [0, 0.1) is 0 Å². The molecule has 3 aromatic carbocycles. The topological polar surface area (TPSA) is 62.1 Å². The van der Waals surface area contributed by atoms with E-state index in [0.29, 0.717) is 24.5 Å². The Bertz CT molecular complexity index is 1360. The molecule has 0 fully saturated rings. The molecule has 6 nitrogen and oxygen atoms in total.